The van der Waals surface area contributed by atoms with Crippen LogP contribution in [-0.2, 0) is 6.54 Å². The molecule has 110 valence electrons. The van der Waals surface area contributed by atoms with Crippen LogP contribution in [0.4, 0.5) is 5.95 Å². The Morgan fingerprint density at radius 2 is 1.68 bits per heavy atom. The van der Waals surface area contributed by atoms with E-state index in [0.29, 0.717) is 18.1 Å². The van der Waals surface area contributed by atoms with Crippen molar-refractivity contribution in [1.29, 1.82) is 0 Å². The summed E-state index contributed by atoms with van der Waals surface area (Å²) in [5.74, 6) is 0.521. The summed E-state index contributed by atoms with van der Waals surface area (Å²) in [6, 6.07) is 13.3. The van der Waals surface area contributed by atoms with Gasteiger partial charge in [-0.15, -0.1) is 0 Å². The smallest absolute Gasteiger partial charge is 0.222 e. The lowest BCUT2D eigenvalue weighted by Gasteiger charge is -2.11. The summed E-state index contributed by atoms with van der Waals surface area (Å²) in [4.78, 5) is 12.5. The Hall–Kier alpha value is -2.79. The van der Waals surface area contributed by atoms with Crippen molar-refractivity contribution in [3.8, 4) is 0 Å². The molecule has 0 radical (unpaired) electrons. The van der Waals surface area contributed by atoms with Crippen molar-refractivity contribution in [2.75, 3.05) is 5.32 Å². The van der Waals surface area contributed by atoms with Crippen molar-refractivity contribution in [1.82, 2.24) is 15.0 Å². The van der Waals surface area contributed by atoms with Gasteiger partial charge in [0.15, 0.2) is 0 Å². The third kappa shape index (κ3) is 3.45. The van der Waals surface area contributed by atoms with E-state index in [-0.39, 0.29) is 0 Å². The molecule has 0 amide bonds. The lowest BCUT2D eigenvalue weighted by atomic mass is 10.0. The molecule has 2 aromatic heterocycles. The van der Waals surface area contributed by atoms with Gasteiger partial charge in [-0.1, -0.05) is 36.4 Å². The fourth-order valence-corrected chi connectivity index (χ4v) is 2.08. The van der Waals surface area contributed by atoms with E-state index in [1.54, 1.807) is 24.8 Å². The van der Waals surface area contributed by atoms with Crippen LogP contribution in [0.2, 0.25) is 0 Å². The molecule has 0 aliphatic heterocycles. The Morgan fingerprint density at radius 1 is 0.909 bits per heavy atom. The highest BCUT2D eigenvalue weighted by Gasteiger charge is 2.10. The average molecular weight is 292 g/mol. The van der Waals surface area contributed by atoms with Crippen molar-refractivity contribution >= 4 is 5.95 Å². The van der Waals surface area contributed by atoms with Crippen LogP contribution in [-0.4, -0.2) is 20.1 Å². The van der Waals surface area contributed by atoms with Crippen molar-refractivity contribution in [2.24, 2.45) is 0 Å². The third-order valence-electron chi connectivity index (χ3n) is 3.28. The van der Waals surface area contributed by atoms with Crippen LogP contribution in [0.3, 0.4) is 0 Å². The number of rotatable bonds is 5. The van der Waals surface area contributed by atoms with E-state index in [9.17, 15) is 5.11 Å². The van der Waals surface area contributed by atoms with Gasteiger partial charge in [-0.25, -0.2) is 9.97 Å². The number of nitrogens with one attached hydrogen (secondary N) is 1. The molecule has 1 unspecified atom stereocenters. The van der Waals surface area contributed by atoms with E-state index >= 15 is 0 Å². The Bertz CT molecular complexity index is 702. The highest BCUT2D eigenvalue weighted by Crippen LogP contribution is 2.20. The zero-order valence-corrected chi connectivity index (χ0v) is 11.9. The van der Waals surface area contributed by atoms with E-state index in [0.717, 1.165) is 11.1 Å². The molecule has 5 heteroatoms. The maximum atomic E-state index is 10.3. The largest absolute Gasteiger partial charge is 0.384 e. The highest BCUT2D eigenvalue weighted by molar-refractivity contribution is 5.31. The van der Waals surface area contributed by atoms with Crippen LogP contribution >= 0.6 is 0 Å². The molecule has 3 rings (SSSR count). The first-order chi connectivity index (χ1) is 10.8. The minimum absolute atomic E-state index is 0.521. The predicted octanol–water partition coefficient (Wildman–Crippen LogP) is 2.57. The van der Waals surface area contributed by atoms with Gasteiger partial charge in [0.2, 0.25) is 5.95 Å². The molecule has 2 heterocycles. The van der Waals surface area contributed by atoms with Crippen LogP contribution in [0.25, 0.3) is 0 Å². The van der Waals surface area contributed by atoms with Gasteiger partial charge in [0.05, 0.1) is 0 Å². The maximum Gasteiger partial charge on any atom is 0.222 e. The zero-order valence-electron chi connectivity index (χ0n) is 11.9. The zero-order chi connectivity index (χ0) is 15.2. The summed E-state index contributed by atoms with van der Waals surface area (Å²) in [5.41, 5.74) is 2.54. The van der Waals surface area contributed by atoms with Crippen LogP contribution in [0.15, 0.2) is 67.3 Å². The first-order valence-electron chi connectivity index (χ1n) is 7.00. The van der Waals surface area contributed by atoms with Gasteiger partial charge in [0, 0.05) is 36.9 Å². The predicted molar refractivity (Wildman–Crippen MR) is 84.1 cm³/mol. The summed E-state index contributed by atoms with van der Waals surface area (Å²) >= 11 is 0. The minimum atomic E-state index is -0.714. The molecule has 0 bridgehead atoms. The monoisotopic (exact) mass is 292 g/mol. The summed E-state index contributed by atoms with van der Waals surface area (Å²) < 4.78 is 0. The molecule has 2 N–H and O–H groups in total. The molecule has 0 fully saturated rings. The van der Waals surface area contributed by atoms with E-state index in [2.05, 4.69) is 20.3 Å². The number of hydrogen-bond donors (Lipinski definition) is 2. The number of pyridine rings is 1. The van der Waals surface area contributed by atoms with Gasteiger partial charge in [-0.3, -0.25) is 4.98 Å². The number of hydrogen-bond acceptors (Lipinski definition) is 5. The summed E-state index contributed by atoms with van der Waals surface area (Å²) in [7, 11) is 0. The molecule has 3 aromatic rings. The number of benzene rings is 1. The van der Waals surface area contributed by atoms with Crippen LogP contribution in [0.5, 0.6) is 0 Å². The maximum absolute atomic E-state index is 10.3. The number of aliphatic hydroxyl groups excluding tert-OH is 1. The Kier molecular flexibility index (Phi) is 4.36. The van der Waals surface area contributed by atoms with E-state index < -0.39 is 6.10 Å². The second kappa shape index (κ2) is 6.78. The normalized spacial score (nSPS) is 11.9. The first kappa shape index (κ1) is 14.2. The van der Waals surface area contributed by atoms with E-state index in [1.165, 1.54) is 0 Å². The Labute approximate surface area is 128 Å². The molecule has 0 saturated carbocycles. The van der Waals surface area contributed by atoms with Gasteiger partial charge >= 0.3 is 0 Å². The molecule has 0 aliphatic rings. The first-order valence-corrected chi connectivity index (χ1v) is 7.00. The second-order valence-corrected chi connectivity index (χ2v) is 4.87. The summed E-state index contributed by atoms with van der Waals surface area (Å²) in [6.45, 7) is 0.606. The molecule has 0 saturated heterocycles. The number of anilines is 1. The molecular weight excluding hydrogens is 276 g/mol. The topological polar surface area (TPSA) is 70.9 Å². The SMILES string of the molecule is OC(c1ccccc1)c1cnc(NCc2cccnc2)nc1. The molecule has 1 aromatic carbocycles. The number of nitrogens with zero attached hydrogens (tertiary/aromatic N) is 3. The van der Waals surface area contributed by atoms with Crippen molar-refractivity contribution < 1.29 is 5.11 Å². The van der Waals surface area contributed by atoms with Gasteiger partial charge in [-0.2, -0.15) is 0 Å². The number of aliphatic hydroxyl groups is 1. The van der Waals surface area contributed by atoms with Crippen molar-refractivity contribution in [3.05, 3.63) is 83.9 Å². The van der Waals surface area contributed by atoms with Crippen molar-refractivity contribution in [2.45, 2.75) is 12.6 Å². The summed E-state index contributed by atoms with van der Waals surface area (Å²) in [5, 5.41) is 13.4. The highest BCUT2D eigenvalue weighted by atomic mass is 16.3. The third-order valence-corrected chi connectivity index (χ3v) is 3.28. The molecule has 0 aliphatic carbocycles. The minimum Gasteiger partial charge on any atom is -0.384 e. The molecule has 22 heavy (non-hydrogen) atoms. The summed E-state index contributed by atoms with van der Waals surface area (Å²) in [6.07, 6.45) is 6.08. The standard InChI is InChI=1S/C17H16N4O/c22-16(14-6-2-1-3-7-14)15-11-20-17(21-12-15)19-10-13-5-4-8-18-9-13/h1-9,11-12,16,22H,10H2,(H,19,20,21). The fourth-order valence-electron chi connectivity index (χ4n) is 2.08. The van der Waals surface area contributed by atoms with E-state index in [1.807, 2.05) is 42.5 Å². The average Bonchev–Trinajstić information content (AvgIpc) is 2.61. The lowest BCUT2D eigenvalue weighted by Crippen LogP contribution is -2.06. The van der Waals surface area contributed by atoms with Crippen molar-refractivity contribution in [3.63, 3.8) is 0 Å². The van der Waals surface area contributed by atoms with Crippen LogP contribution in [0.1, 0.15) is 22.8 Å². The van der Waals surface area contributed by atoms with Gasteiger partial charge in [-0.05, 0) is 17.2 Å². The van der Waals surface area contributed by atoms with Crippen LogP contribution < -0.4 is 5.32 Å². The lowest BCUT2D eigenvalue weighted by molar-refractivity contribution is 0.219. The number of aromatic nitrogens is 3. The molecule has 5 nitrogen and oxygen atoms in total. The van der Waals surface area contributed by atoms with Gasteiger partial charge in [0.1, 0.15) is 6.10 Å². The molecule has 1 atom stereocenters. The fraction of sp³-hybridized carbons (Fsp3) is 0.118. The molecule has 0 spiro atoms. The molecular formula is C17H16N4O. The second-order valence-electron chi connectivity index (χ2n) is 4.87. The van der Waals surface area contributed by atoms with Crippen LogP contribution in [0, 0.1) is 0 Å². The quantitative estimate of drug-likeness (QED) is 0.756. The van der Waals surface area contributed by atoms with Gasteiger partial charge in [0.25, 0.3) is 0 Å². The van der Waals surface area contributed by atoms with Gasteiger partial charge < -0.3 is 10.4 Å². The Morgan fingerprint density at radius 3 is 2.36 bits per heavy atom. The van der Waals surface area contributed by atoms with E-state index in [4.69, 9.17) is 0 Å². The Balaban J connectivity index is 1.65.